The minimum absolute atomic E-state index is 0.0400. The topological polar surface area (TPSA) is 66.5 Å². The number of carbonyl (C=O) groups is 1. The van der Waals surface area contributed by atoms with Gasteiger partial charge in [0.05, 0.1) is 16.2 Å². The van der Waals surface area contributed by atoms with Gasteiger partial charge in [0.15, 0.2) is 9.84 Å². The Morgan fingerprint density at radius 2 is 1.63 bits per heavy atom. The standard InChI is InChI=1S/C21H28N2O3S/c1-5-27(25,26)20-13-9-8-12-19(20)21(24)22-14-17-10-6-7-11-18(17)15-23(4)16(2)3/h6-13,16H,5,14-15H2,1-4H3,(H,22,24). The maximum atomic E-state index is 12.7. The van der Waals surface area contributed by atoms with Crippen LogP contribution >= 0.6 is 0 Å². The lowest BCUT2D eigenvalue weighted by atomic mass is 10.1. The molecule has 1 N–H and O–H groups in total. The van der Waals surface area contributed by atoms with E-state index in [1.807, 2.05) is 18.2 Å². The predicted octanol–water partition coefficient (Wildman–Crippen LogP) is 3.25. The van der Waals surface area contributed by atoms with Crippen molar-refractivity contribution >= 4 is 15.7 Å². The van der Waals surface area contributed by atoms with Gasteiger partial charge in [-0.15, -0.1) is 0 Å². The van der Waals surface area contributed by atoms with Gasteiger partial charge in [-0.1, -0.05) is 43.3 Å². The first-order chi connectivity index (χ1) is 12.8. The Morgan fingerprint density at radius 3 is 2.26 bits per heavy atom. The average molecular weight is 389 g/mol. The number of nitrogens with one attached hydrogen (secondary N) is 1. The molecule has 0 aliphatic heterocycles. The minimum Gasteiger partial charge on any atom is -0.348 e. The number of sulfone groups is 1. The van der Waals surface area contributed by atoms with E-state index in [0.717, 1.165) is 17.7 Å². The quantitative estimate of drug-likeness (QED) is 0.754. The van der Waals surface area contributed by atoms with E-state index in [1.54, 1.807) is 25.1 Å². The summed E-state index contributed by atoms with van der Waals surface area (Å²) < 4.78 is 24.5. The molecular formula is C21H28N2O3S. The van der Waals surface area contributed by atoms with Crippen LogP contribution < -0.4 is 5.32 Å². The maximum absolute atomic E-state index is 12.7. The van der Waals surface area contributed by atoms with E-state index in [0.29, 0.717) is 12.6 Å². The molecular weight excluding hydrogens is 360 g/mol. The number of hydrogen-bond acceptors (Lipinski definition) is 4. The molecule has 5 nitrogen and oxygen atoms in total. The summed E-state index contributed by atoms with van der Waals surface area (Å²) in [7, 11) is -1.40. The Labute approximate surface area is 162 Å². The van der Waals surface area contributed by atoms with E-state index < -0.39 is 9.84 Å². The summed E-state index contributed by atoms with van der Waals surface area (Å²) in [6.07, 6.45) is 0. The summed E-state index contributed by atoms with van der Waals surface area (Å²) in [5.74, 6) is -0.420. The summed E-state index contributed by atoms with van der Waals surface area (Å²) >= 11 is 0. The van der Waals surface area contributed by atoms with Crippen molar-refractivity contribution in [3.05, 3.63) is 65.2 Å². The van der Waals surface area contributed by atoms with Crippen molar-refractivity contribution in [2.45, 2.75) is 44.8 Å². The lowest BCUT2D eigenvalue weighted by molar-refractivity contribution is 0.0947. The molecule has 0 aromatic heterocycles. The van der Waals surface area contributed by atoms with Gasteiger partial charge in [-0.25, -0.2) is 8.42 Å². The van der Waals surface area contributed by atoms with Crippen LogP contribution in [0.1, 0.15) is 42.3 Å². The maximum Gasteiger partial charge on any atom is 0.252 e. The molecule has 0 atom stereocenters. The van der Waals surface area contributed by atoms with Crippen molar-refractivity contribution < 1.29 is 13.2 Å². The van der Waals surface area contributed by atoms with Crippen LogP contribution in [-0.2, 0) is 22.9 Å². The molecule has 0 heterocycles. The third-order valence-corrected chi connectivity index (χ3v) is 6.49. The Balaban J connectivity index is 2.18. The van der Waals surface area contributed by atoms with Crippen LogP contribution in [0.5, 0.6) is 0 Å². The van der Waals surface area contributed by atoms with Crippen molar-refractivity contribution in [1.82, 2.24) is 10.2 Å². The van der Waals surface area contributed by atoms with E-state index in [2.05, 4.69) is 37.2 Å². The fourth-order valence-corrected chi connectivity index (χ4v) is 3.78. The van der Waals surface area contributed by atoms with Gasteiger partial charge in [0.1, 0.15) is 0 Å². The van der Waals surface area contributed by atoms with Crippen molar-refractivity contribution in [3.8, 4) is 0 Å². The first-order valence-corrected chi connectivity index (χ1v) is 10.8. The van der Waals surface area contributed by atoms with Crippen LogP contribution in [0.3, 0.4) is 0 Å². The second-order valence-electron chi connectivity index (χ2n) is 6.86. The highest BCUT2D eigenvalue weighted by molar-refractivity contribution is 7.91. The highest BCUT2D eigenvalue weighted by Gasteiger charge is 2.20. The summed E-state index contributed by atoms with van der Waals surface area (Å²) in [6.45, 7) is 6.97. The van der Waals surface area contributed by atoms with Crippen molar-refractivity contribution in [1.29, 1.82) is 0 Å². The van der Waals surface area contributed by atoms with Crippen LogP contribution in [-0.4, -0.2) is 38.1 Å². The fourth-order valence-electron chi connectivity index (χ4n) is 2.69. The molecule has 0 aliphatic rings. The van der Waals surface area contributed by atoms with Crippen LogP contribution in [0, 0.1) is 0 Å². The molecule has 0 unspecified atom stereocenters. The molecule has 0 fully saturated rings. The fraction of sp³-hybridized carbons (Fsp3) is 0.381. The normalized spacial score (nSPS) is 11.8. The summed E-state index contributed by atoms with van der Waals surface area (Å²) in [5, 5.41) is 2.87. The second-order valence-corrected chi connectivity index (χ2v) is 9.11. The number of benzene rings is 2. The number of carbonyl (C=O) groups excluding carboxylic acids is 1. The number of amides is 1. The number of hydrogen-bond donors (Lipinski definition) is 1. The van der Waals surface area contributed by atoms with E-state index in [-0.39, 0.29) is 22.1 Å². The molecule has 0 radical (unpaired) electrons. The SMILES string of the molecule is CCS(=O)(=O)c1ccccc1C(=O)NCc1ccccc1CN(C)C(C)C. The average Bonchev–Trinajstić information content (AvgIpc) is 2.66. The smallest absolute Gasteiger partial charge is 0.252 e. The lowest BCUT2D eigenvalue weighted by Gasteiger charge is -2.22. The van der Waals surface area contributed by atoms with Gasteiger partial charge in [0.25, 0.3) is 5.91 Å². The van der Waals surface area contributed by atoms with E-state index in [1.165, 1.54) is 6.07 Å². The largest absolute Gasteiger partial charge is 0.348 e. The summed E-state index contributed by atoms with van der Waals surface area (Å²) in [5.41, 5.74) is 2.36. The highest BCUT2D eigenvalue weighted by Crippen LogP contribution is 2.18. The number of nitrogens with zero attached hydrogens (tertiary/aromatic N) is 1. The molecule has 0 saturated heterocycles. The molecule has 6 heteroatoms. The van der Waals surface area contributed by atoms with Crippen molar-refractivity contribution in [3.63, 3.8) is 0 Å². The van der Waals surface area contributed by atoms with Crippen molar-refractivity contribution in [2.24, 2.45) is 0 Å². The van der Waals surface area contributed by atoms with Gasteiger partial charge in [0, 0.05) is 19.1 Å². The molecule has 2 aromatic carbocycles. The molecule has 0 bridgehead atoms. The third kappa shape index (κ3) is 5.40. The molecule has 2 aromatic rings. The molecule has 2 rings (SSSR count). The molecule has 0 aliphatic carbocycles. The molecule has 146 valence electrons. The lowest BCUT2D eigenvalue weighted by Crippen LogP contribution is -2.28. The molecule has 1 amide bonds. The summed E-state index contributed by atoms with van der Waals surface area (Å²) in [4.78, 5) is 15.0. The summed E-state index contributed by atoms with van der Waals surface area (Å²) in [6, 6.07) is 14.7. The van der Waals surface area contributed by atoms with E-state index >= 15 is 0 Å². The molecule has 0 saturated carbocycles. The van der Waals surface area contributed by atoms with Crippen molar-refractivity contribution in [2.75, 3.05) is 12.8 Å². The highest BCUT2D eigenvalue weighted by atomic mass is 32.2. The monoisotopic (exact) mass is 388 g/mol. The van der Waals surface area contributed by atoms with Crippen LogP contribution in [0.25, 0.3) is 0 Å². The third-order valence-electron chi connectivity index (χ3n) is 4.71. The van der Waals surface area contributed by atoms with Crippen LogP contribution in [0.15, 0.2) is 53.4 Å². The number of rotatable bonds is 8. The minimum atomic E-state index is -3.46. The van der Waals surface area contributed by atoms with Gasteiger partial charge in [0.2, 0.25) is 0 Å². The van der Waals surface area contributed by atoms with Gasteiger partial charge in [-0.3, -0.25) is 9.69 Å². The zero-order chi connectivity index (χ0) is 20.0. The first-order valence-electron chi connectivity index (χ1n) is 9.13. The first kappa shape index (κ1) is 21.1. The Bertz CT molecular complexity index is 892. The van der Waals surface area contributed by atoms with Gasteiger partial charge >= 0.3 is 0 Å². The van der Waals surface area contributed by atoms with Gasteiger partial charge in [-0.05, 0) is 44.2 Å². The molecule has 27 heavy (non-hydrogen) atoms. The van der Waals surface area contributed by atoms with Crippen LogP contribution in [0.4, 0.5) is 0 Å². The Morgan fingerprint density at radius 1 is 1.04 bits per heavy atom. The predicted molar refractivity (Wildman–Crippen MR) is 108 cm³/mol. The zero-order valence-corrected chi connectivity index (χ0v) is 17.2. The van der Waals surface area contributed by atoms with Gasteiger partial charge in [-0.2, -0.15) is 0 Å². The second kappa shape index (κ2) is 9.15. The molecule has 0 spiro atoms. The van der Waals surface area contributed by atoms with Crippen LogP contribution in [0.2, 0.25) is 0 Å². The van der Waals surface area contributed by atoms with Gasteiger partial charge < -0.3 is 5.32 Å². The van der Waals surface area contributed by atoms with E-state index in [4.69, 9.17) is 0 Å². The zero-order valence-electron chi connectivity index (χ0n) is 16.4. The Hall–Kier alpha value is -2.18. The Kier molecular flexibility index (Phi) is 7.16. The van der Waals surface area contributed by atoms with E-state index in [9.17, 15) is 13.2 Å².